The first-order valence-electron chi connectivity index (χ1n) is 7.59. The fraction of sp³-hybridized carbons (Fsp3) is 0.167. The smallest absolute Gasteiger partial charge is 0.416 e. The van der Waals surface area contributed by atoms with Gasteiger partial charge in [0.2, 0.25) is 5.89 Å². The lowest BCUT2D eigenvalue weighted by molar-refractivity contribution is -0.143. The van der Waals surface area contributed by atoms with Gasteiger partial charge in [-0.15, -0.1) is 0 Å². The standard InChI is InChI=1S/C18H8F6N2O2/c19-17(20,21)10-5-9(6-11(7-10)18(22,23)24)15(27)12(8-25)16-26-13-3-1-2-4-14(13)28-16/h1-7,12H. The topological polar surface area (TPSA) is 66.9 Å². The molecule has 0 saturated heterocycles. The number of nitrogens with zero attached hydrogens (tertiary/aromatic N) is 2. The number of hydrogen-bond acceptors (Lipinski definition) is 4. The van der Waals surface area contributed by atoms with Crippen LogP contribution in [-0.2, 0) is 12.4 Å². The molecule has 0 saturated carbocycles. The molecular formula is C18H8F6N2O2. The van der Waals surface area contributed by atoms with Crippen LogP contribution in [0.5, 0.6) is 0 Å². The fourth-order valence-corrected chi connectivity index (χ4v) is 2.50. The van der Waals surface area contributed by atoms with Crippen molar-refractivity contribution in [2.75, 3.05) is 0 Å². The van der Waals surface area contributed by atoms with Crippen LogP contribution in [0.15, 0.2) is 46.9 Å². The lowest BCUT2D eigenvalue weighted by Crippen LogP contribution is -2.16. The second kappa shape index (κ2) is 6.67. The molecule has 28 heavy (non-hydrogen) atoms. The molecule has 0 aliphatic heterocycles. The van der Waals surface area contributed by atoms with Crippen LogP contribution in [0.4, 0.5) is 26.3 Å². The third-order valence-electron chi connectivity index (χ3n) is 3.82. The van der Waals surface area contributed by atoms with Gasteiger partial charge in [0.15, 0.2) is 17.3 Å². The van der Waals surface area contributed by atoms with E-state index in [1.54, 1.807) is 12.1 Å². The molecule has 0 amide bonds. The summed E-state index contributed by atoms with van der Waals surface area (Å²) in [5.41, 5.74) is -3.73. The Morgan fingerprint density at radius 2 is 1.57 bits per heavy atom. The number of benzene rings is 2. The molecule has 1 atom stereocenters. The van der Waals surface area contributed by atoms with Gasteiger partial charge in [-0.25, -0.2) is 4.98 Å². The van der Waals surface area contributed by atoms with Crippen molar-refractivity contribution >= 4 is 16.9 Å². The zero-order valence-corrected chi connectivity index (χ0v) is 13.6. The number of nitriles is 1. The number of halogens is 6. The summed E-state index contributed by atoms with van der Waals surface area (Å²) < 4.78 is 83.1. The Morgan fingerprint density at radius 3 is 2.07 bits per heavy atom. The number of fused-ring (bicyclic) bond motifs is 1. The lowest BCUT2D eigenvalue weighted by atomic mass is 9.95. The van der Waals surface area contributed by atoms with E-state index in [-0.39, 0.29) is 29.3 Å². The number of carbonyl (C=O) groups excluding carboxylic acids is 1. The van der Waals surface area contributed by atoms with Gasteiger partial charge in [0.1, 0.15) is 5.52 Å². The highest BCUT2D eigenvalue weighted by Crippen LogP contribution is 2.37. The molecule has 1 heterocycles. The number of hydrogen-bond donors (Lipinski definition) is 0. The Labute approximate surface area is 153 Å². The van der Waals surface area contributed by atoms with E-state index < -0.39 is 46.6 Å². The maximum absolute atomic E-state index is 13.0. The Balaban J connectivity index is 2.10. The van der Waals surface area contributed by atoms with Gasteiger partial charge in [-0.1, -0.05) is 12.1 Å². The summed E-state index contributed by atoms with van der Waals surface area (Å²) in [6.45, 7) is 0. The average molecular weight is 398 g/mol. The third kappa shape index (κ3) is 3.69. The van der Waals surface area contributed by atoms with Crippen molar-refractivity contribution in [2.45, 2.75) is 18.3 Å². The third-order valence-corrected chi connectivity index (χ3v) is 3.82. The molecule has 0 radical (unpaired) electrons. The molecule has 4 nitrogen and oxygen atoms in total. The SMILES string of the molecule is N#CC(C(=O)c1cc(C(F)(F)F)cc(C(F)(F)F)c1)c1nc2ccccc2o1. The van der Waals surface area contributed by atoms with Gasteiger partial charge >= 0.3 is 12.4 Å². The zero-order valence-electron chi connectivity index (χ0n) is 13.6. The Morgan fingerprint density at radius 1 is 1.00 bits per heavy atom. The van der Waals surface area contributed by atoms with Crippen molar-refractivity contribution in [1.29, 1.82) is 5.26 Å². The van der Waals surface area contributed by atoms with E-state index in [4.69, 9.17) is 4.42 Å². The predicted molar refractivity (Wildman–Crippen MR) is 83.1 cm³/mol. The molecule has 3 rings (SSSR count). The average Bonchev–Trinajstić information content (AvgIpc) is 3.04. The van der Waals surface area contributed by atoms with E-state index in [1.807, 2.05) is 0 Å². The first kappa shape index (κ1) is 19.4. The summed E-state index contributed by atoms with van der Waals surface area (Å²) >= 11 is 0. The first-order chi connectivity index (χ1) is 13.0. The van der Waals surface area contributed by atoms with Crippen molar-refractivity contribution in [3.8, 4) is 6.07 Å². The molecule has 0 N–H and O–H groups in total. The van der Waals surface area contributed by atoms with Gasteiger partial charge < -0.3 is 4.42 Å². The van der Waals surface area contributed by atoms with Crippen LogP contribution < -0.4 is 0 Å². The lowest BCUT2D eigenvalue weighted by Gasteiger charge is -2.14. The largest absolute Gasteiger partial charge is 0.439 e. The Kier molecular flexibility index (Phi) is 4.62. The Bertz CT molecular complexity index is 1030. The van der Waals surface area contributed by atoms with Gasteiger partial charge in [0.05, 0.1) is 17.2 Å². The van der Waals surface area contributed by atoms with E-state index in [0.29, 0.717) is 0 Å². The van der Waals surface area contributed by atoms with E-state index in [9.17, 15) is 36.4 Å². The molecule has 2 aromatic carbocycles. The highest BCUT2D eigenvalue weighted by atomic mass is 19.4. The summed E-state index contributed by atoms with van der Waals surface area (Å²) in [7, 11) is 0. The number of rotatable bonds is 3. The normalized spacial score (nSPS) is 13.3. The van der Waals surface area contributed by atoms with Gasteiger partial charge in [0, 0.05) is 5.56 Å². The molecule has 0 fully saturated rings. The van der Waals surface area contributed by atoms with Crippen LogP contribution in [-0.4, -0.2) is 10.8 Å². The molecule has 0 aliphatic rings. The minimum absolute atomic E-state index is 0.0996. The molecule has 0 bridgehead atoms. The molecule has 10 heteroatoms. The minimum Gasteiger partial charge on any atom is -0.439 e. The van der Waals surface area contributed by atoms with Crippen LogP contribution >= 0.6 is 0 Å². The van der Waals surface area contributed by atoms with Crippen molar-refractivity contribution < 1.29 is 35.6 Å². The van der Waals surface area contributed by atoms with Crippen LogP contribution in [0.3, 0.4) is 0 Å². The molecular weight excluding hydrogens is 390 g/mol. The molecule has 144 valence electrons. The number of ketones is 1. The van der Waals surface area contributed by atoms with Gasteiger partial charge in [0.25, 0.3) is 0 Å². The quantitative estimate of drug-likeness (QED) is 0.440. The number of oxazole rings is 1. The van der Waals surface area contributed by atoms with E-state index in [2.05, 4.69) is 4.98 Å². The maximum atomic E-state index is 13.0. The molecule has 0 spiro atoms. The van der Waals surface area contributed by atoms with Crippen LogP contribution in [0.2, 0.25) is 0 Å². The highest BCUT2D eigenvalue weighted by Gasteiger charge is 2.38. The number of aromatic nitrogens is 1. The summed E-state index contributed by atoms with van der Waals surface area (Å²) in [6.07, 6.45) is -10.2. The van der Waals surface area contributed by atoms with Crippen LogP contribution in [0.1, 0.15) is 33.3 Å². The molecule has 3 aromatic rings. The van der Waals surface area contributed by atoms with E-state index in [0.717, 1.165) is 0 Å². The zero-order chi connectivity index (χ0) is 20.7. The van der Waals surface area contributed by atoms with Crippen molar-refractivity contribution in [1.82, 2.24) is 4.98 Å². The number of para-hydroxylation sites is 2. The van der Waals surface area contributed by atoms with Gasteiger partial charge in [-0.3, -0.25) is 4.79 Å². The van der Waals surface area contributed by atoms with E-state index >= 15 is 0 Å². The van der Waals surface area contributed by atoms with Crippen LogP contribution in [0.25, 0.3) is 11.1 Å². The summed E-state index contributed by atoms with van der Waals surface area (Å²) in [6, 6.07) is 8.14. The summed E-state index contributed by atoms with van der Waals surface area (Å²) in [4.78, 5) is 16.5. The van der Waals surface area contributed by atoms with Gasteiger partial charge in [-0.05, 0) is 30.3 Å². The monoisotopic (exact) mass is 398 g/mol. The number of carbonyl (C=O) groups is 1. The summed E-state index contributed by atoms with van der Waals surface area (Å²) in [5.74, 6) is -3.51. The highest BCUT2D eigenvalue weighted by molar-refractivity contribution is 6.02. The summed E-state index contributed by atoms with van der Waals surface area (Å²) in [5, 5.41) is 9.28. The maximum Gasteiger partial charge on any atom is 0.416 e. The molecule has 0 aliphatic carbocycles. The fourth-order valence-electron chi connectivity index (χ4n) is 2.50. The predicted octanol–water partition coefficient (Wildman–Crippen LogP) is 5.36. The number of alkyl halides is 6. The molecule has 1 aromatic heterocycles. The Hall–Kier alpha value is -3.35. The first-order valence-corrected chi connectivity index (χ1v) is 7.59. The minimum atomic E-state index is -5.12. The van der Waals surface area contributed by atoms with Crippen molar-refractivity contribution in [3.05, 3.63) is 65.0 Å². The van der Waals surface area contributed by atoms with E-state index in [1.165, 1.54) is 18.2 Å². The second-order valence-corrected chi connectivity index (χ2v) is 5.74. The number of Topliss-reactive ketones (excluding diaryl/α,β-unsaturated/α-hetero) is 1. The second-order valence-electron chi connectivity index (χ2n) is 5.74. The van der Waals surface area contributed by atoms with Crippen LogP contribution in [0, 0.1) is 11.3 Å². The van der Waals surface area contributed by atoms with Crippen molar-refractivity contribution in [3.63, 3.8) is 0 Å². The van der Waals surface area contributed by atoms with Crippen molar-refractivity contribution in [2.24, 2.45) is 0 Å². The van der Waals surface area contributed by atoms with Gasteiger partial charge in [-0.2, -0.15) is 31.6 Å². The molecule has 1 unspecified atom stereocenters.